The summed E-state index contributed by atoms with van der Waals surface area (Å²) < 4.78 is 0. The Balaban J connectivity index is 2.14. The molecule has 1 atom stereocenters. The molecule has 3 N–H and O–H groups in total. The van der Waals surface area contributed by atoms with Crippen LogP contribution in [-0.4, -0.2) is 28.5 Å². The summed E-state index contributed by atoms with van der Waals surface area (Å²) in [6.45, 7) is 3.64. The second-order valence-corrected chi connectivity index (χ2v) is 4.67. The van der Waals surface area contributed by atoms with Crippen LogP contribution in [0.15, 0.2) is 24.3 Å². The molecule has 5 heteroatoms. The van der Waals surface area contributed by atoms with Gasteiger partial charge >= 0.3 is 5.97 Å². The molecule has 0 aliphatic rings. The molecule has 2 rings (SSSR count). The van der Waals surface area contributed by atoms with Crippen molar-refractivity contribution in [1.82, 2.24) is 10.3 Å². The summed E-state index contributed by atoms with van der Waals surface area (Å²) in [5.74, 6) is -1.81. The molecule has 0 fully saturated rings. The monoisotopic (exact) mass is 260 g/mol. The molecule has 0 aliphatic heterocycles. The van der Waals surface area contributed by atoms with Crippen LogP contribution in [0.25, 0.3) is 10.9 Å². The molecule has 19 heavy (non-hydrogen) atoms. The average Bonchev–Trinajstić information content (AvgIpc) is 2.80. The van der Waals surface area contributed by atoms with E-state index in [0.29, 0.717) is 5.69 Å². The van der Waals surface area contributed by atoms with Gasteiger partial charge in [0, 0.05) is 17.4 Å². The van der Waals surface area contributed by atoms with Gasteiger partial charge in [-0.15, -0.1) is 0 Å². The molecule has 0 saturated heterocycles. The first-order valence-corrected chi connectivity index (χ1v) is 6.08. The van der Waals surface area contributed by atoms with Crippen molar-refractivity contribution in [3.05, 3.63) is 35.5 Å². The lowest BCUT2D eigenvalue weighted by atomic mass is 10.1. The number of aromatic nitrogens is 1. The fourth-order valence-electron chi connectivity index (χ4n) is 1.86. The van der Waals surface area contributed by atoms with E-state index in [9.17, 15) is 9.59 Å². The van der Waals surface area contributed by atoms with Crippen LogP contribution in [0.2, 0.25) is 0 Å². The van der Waals surface area contributed by atoms with Gasteiger partial charge < -0.3 is 15.4 Å². The van der Waals surface area contributed by atoms with E-state index in [2.05, 4.69) is 10.3 Å². The fourth-order valence-corrected chi connectivity index (χ4v) is 1.86. The number of fused-ring (bicyclic) bond motifs is 1. The van der Waals surface area contributed by atoms with Crippen molar-refractivity contribution >= 4 is 22.8 Å². The van der Waals surface area contributed by atoms with Crippen LogP contribution in [0.5, 0.6) is 0 Å². The number of carbonyl (C=O) groups is 2. The third-order valence-electron chi connectivity index (χ3n) is 3.12. The Bertz CT molecular complexity index is 631. The van der Waals surface area contributed by atoms with E-state index < -0.39 is 11.9 Å². The highest BCUT2D eigenvalue weighted by molar-refractivity contribution is 5.98. The minimum atomic E-state index is -0.923. The van der Waals surface area contributed by atoms with Gasteiger partial charge in [-0.2, -0.15) is 0 Å². The zero-order valence-corrected chi connectivity index (χ0v) is 10.9. The Morgan fingerprint density at radius 3 is 2.79 bits per heavy atom. The number of carboxylic acids is 1. The molecule has 1 amide bonds. The first-order valence-electron chi connectivity index (χ1n) is 6.08. The normalized spacial score (nSPS) is 12.3. The average molecular weight is 260 g/mol. The minimum absolute atomic E-state index is 0.114. The molecule has 0 aliphatic carbocycles. The summed E-state index contributed by atoms with van der Waals surface area (Å²) in [6, 6.07) is 7.58. The summed E-state index contributed by atoms with van der Waals surface area (Å²) in [5.41, 5.74) is 2.44. The molecule has 0 spiro atoms. The van der Waals surface area contributed by atoms with E-state index in [1.807, 2.05) is 25.1 Å². The maximum Gasteiger partial charge on any atom is 0.308 e. The number of H-pyrrole nitrogens is 1. The number of hydrogen-bond acceptors (Lipinski definition) is 2. The summed E-state index contributed by atoms with van der Waals surface area (Å²) in [4.78, 5) is 25.6. The van der Waals surface area contributed by atoms with Crippen molar-refractivity contribution in [3.8, 4) is 0 Å². The van der Waals surface area contributed by atoms with Crippen LogP contribution >= 0.6 is 0 Å². The number of aryl methyl sites for hydroxylation is 1. The molecule has 0 bridgehead atoms. The lowest BCUT2D eigenvalue weighted by Crippen LogP contribution is -2.31. The predicted molar refractivity (Wildman–Crippen MR) is 72.2 cm³/mol. The molecule has 0 radical (unpaired) electrons. The van der Waals surface area contributed by atoms with Crippen LogP contribution < -0.4 is 5.32 Å². The summed E-state index contributed by atoms with van der Waals surface area (Å²) in [7, 11) is 0. The predicted octanol–water partition coefficient (Wildman–Crippen LogP) is 1.93. The summed E-state index contributed by atoms with van der Waals surface area (Å²) in [5, 5.41) is 12.4. The molecular weight excluding hydrogens is 244 g/mol. The Hall–Kier alpha value is -2.30. The first-order chi connectivity index (χ1) is 8.99. The van der Waals surface area contributed by atoms with E-state index in [0.717, 1.165) is 16.5 Å². The van der Waals surface area contributed by atoms with Crippen LogP contribution in [0.4, 0.5) is 0 Å². The van der Waals surface area contributed by atoms with E-state index in [4.69, 9.17) is 5.11 Å². The van der Waals surface area contributed by atoms with Crippen LogP contribution in [0, 0.1) is 12.8 Å². The van der Waals surface area contributed by atoms with Crippen molar-refractivity contribution in [2.45, 2.75) is 13.8 Å². The zero-order valence-electron chi connectivity index (χ0n) is 10.9. The SMILES string of the molecule is Cc1cccc2[nH]c(C(=O)NCC(C)C(=O)O)cc12. The number of hydrogen-bond donors (Lipinski definition) is 3. The van der Waals surface area contributed by atoms with Gasteiger partial charge in [-0.1, -0.05) is 19.1 Å². The third-order valence-corrected chi connectivity index (χ3v) is 3.12. The second kappa shape index (κ2) is 5.14. The fraction of sp³-hybridized carbons (Fsp3) is 0.286. The van der Waals surface area contributed by atoms with Crippen LogP contribution in [0.3, 0.4) is 0 Å². The Morgan fingerprint density at radius 1 is 1.42 bits per heavy atom. The molecule has 5 nitrogen and oxygen atoms in total. The number of benzene rings is 1. The molecule has 1 aromatic heterocycles. The highest BCUT2D eigenvalue weighted by Gasteiger charge is 2.14. The number of aromatic amines is 1. The van der Waals surface area contributed by atoms with E-state index in [-0.39, 0.29) is 12.5 Å². The Kier molecular flexibility index (Phi) is 3.55. The third kappa shape index (κ3) is 2.76. The van der Waals surface area contributed by atoms with E-state index in [1.54, 1.807) is 13.0 Å². The first kappa shape index (κ1) is 13.1. The van der Waals surface area contributed by atoms with Gasteiger partial charge in [0.1, 0.15) is 5.69 Å². The molecule has 100 valence electrons. The van der Waals surface area contributed by atoms with Crippen molar-refractivity contribution in [2.75, 3.05) is 6.54 Å². The van der Waals surface area contributed by atoms with Gasteiger partial charge in [-0.25, -0.2) is 0 Å². The minimum Gasteiger partial charge on any atom is -0.481 e. The van der Waals surface area contributed by atoms with Gasteiger partial charge in [0.15, 0.2) is 0 Å². The van der Waals surface area contributed by atoms with Crippen molar-refractivity contribution in [3.63, 3.8) is 0 Å². The Labute approximate surface area is 110 Å². The highest BCUT2D eigenvalue weighted by atomic mass is 16.4. The molecule has 2 aromatic rings. The molecule has 1 unspecified atom stereocenters. The number of rotatable bonds is 4. The number of carboxylic acid groups (broad SMARTS) is 1. The maximum atomic E-state index is 11.9. The van der Waals surface area contributed by atoms with Gasteiger partial charge in [-0.3, -0.25) is 9.59 Å². The zero-order chi connectivity index (χ0) is 14.0. The lowest BCUT2D eigenvalue weighted by molar-refractivity contribution is -0.140. The van der Waals surface area contributed by atoms with Crippen LogP contribution in [-0.2, 0) is 4.79 Å². The number of nitrogens with one attached hydrogen (secondary N) is 2. The topological polar surface area (TPSA) is 82.2 Å². The quantitative estimate of drug-likeness (QED) is 0.785. The van der Waals surface area contributed by atoms with Crippen LogP contribution in [0.1, 0.15) is 23.0 Å². The van der Waals surface area contributed by atoms with Gasteiger partial charge in [0.25, 0.3) is 5.91 Å². The largest absolute Gasteiger partial charge is 0.481 e. The number of carbonyl (C=O) groups excluding carboxylic acids is 1. The Morgan fingerprint density at radius 2 is 2.16 bits per heavy atom. The lowest BCUT2D eigenvalue weighted by Gasteiger charge is -2.06. The van der Waals surface area contributed by atoms with Crippen molar-refractivity contribution < 1.29 is 14.7 Å². The number of aliphatic carboxylic acids is 1. The standard InChI is InChI=1S/C14H16N2O3/c1-8-4-3-5-11-10(8)6-12(16-11)13(17)15-7-9(2)14(18)19/h3-6,9,16H,7H2,1-2H3,(H,15,17)(H,18,19). The summed E-state index contributed by atoms with van der Waals surface area (Å²) in [6.07, 6.45) is 0. The van der Waals surface area contributed by atoms with Crippen molar-refractivity contribution in [2.24, 2.45) is 5.92 Å². The smallest absolute Gasteiger partial charge is 0.308 e. The maximum absolute atomic E-state index is 11.9. The van der Waals surface area contributed by atoms with Crippen molar-refractivity contribution in [1.29, 1.82) is 0 Å². The second-order valence-electron chi connectivity index (χ2n) is 4.67. The highest BCUT2D eigenvalue weighted by Crippen LogP contribution is 2.19. The summed E-state index contributed by atoms with van der Waals surface area (Å²) >= 11 is 0. The van der Waals surface area contributed by atoms with Gasteiger partial charge in [0.05, 0.1) is 5.92 Å². The van der Waals surface area contributed by atoms with Gasteiger partial charge in [-0.05, 0) is 24.6 Å². The molecule has 0 saturated carbocycles. The van der Waals surface area contributed by atoms with E-state index >= 15 is 0 Å². The molecule has 1 aromatic carbocycles. The number of amides is 1. The van der Waals surface area contributed by atoms with E-state index in [1.165, 1.54) is 0 Å². The molecular formula is C14H16N2O3. The molecule has 1 heterocycles. The van der Waals surface area contributed by atoms with Gasteiger partial charge in [0.2, 0.25) is 0 Å².